The topological polar surface area (TPSA) is 87.7 Å². The highest BCUT2D eigenvalue weighted by atomic mass is 32.2. The van der Waals surface area contributed by atoms with Crippen LogP contribution >= 0.6 is 0 Å². The number of carbonyl (C=O) groups excluding carboxylic acids is 1. The molecule has 2 atom stereocenters. The van der Waals surface area contributed by atoms with Crippen LogP contribution in [0, 0.1) is 0 Å². The van der Waals surface area contributed by atoms with Gasteiger partial charge in [0, 0.05) is 19.1 Å². The molecule has 0 aromatic heterocycles. The summed E-state index contributed by atoms with van der Waals surface area (Å²) in [4.78, 5) is 13.4. The second kappa shape index (κ2) is 4.36. The monoisotopic (exact) mass is 277 g/mol. The number of fused-ring (bicyclic) bond motifs is 1. The zero-order chi connectivity index (χ0) is 13.6. The molecule has 2 N–H and O–H groups in total. The number of carbonyl (C=O) groups is 1. The minimum atomic E-state index is -3.39. The first-order chi connectivity index (χ1) is 8.16. The van der Waals surface area contributed by atoms with E-state index >= 15 is 0 Å². The molecule has 2 unspecified atom stereocenters. The second-order valence-corrected chi connectivity index (χ2v) is 7.15. The van der Waals surface area contributed by atoms with Crippen LogP contribution in [0.3, 0.4) is 0 Å². The quantitative estimate of drug-likeness (QED) is 0.642. The van der Waals surface area contributed by atoms with Crippen molar-refractivity contribution < 1.29 is 17.9 Å². The highest BCUT2D eigenvalue weighted by Crippen LogP contribution is 2.19. The zero-order valence-corrected chi connectivity index (χ0v) is 11.6. The van der Waals surface area contributed by atoms with E-state index in [1.165, 1.54) is 0 Å². The van der Waals surface area contributed by atoms with E-state index in [9.17, 15) is 13.2 Å². The molecule has 2 fully saturated rings. The molecule has 0 aromatic carbocycles. The van der Waals surface area contributed by atoms with Crippen LogP contribution in [0.5, 0.6) is 0 Å². The van der Waals surface area contributed by atoms with E-state index in [1.807, 2.05) is 0 Å². The van der Waals surface area contributed by atoms with Gasteiger partial charge in [0.2, 0.25) is 0 Å². The first-order valence-corrected chi connectivity index (χ1v) is 7.42. The number of hydrogen-bond acceptors (Lipinski definition) is 4. The van der Waals surface area contributed by atoms with Crippen molar-refractivity contribution >= 4 is 16.3 Å². The van der Waals surface area contributed by atoms with Crippen LogP contribution in [0.4, 0.5) is 4.79 Å². The minimum absolute atomic E-state index is 0.131. The summed E-state index contributed by atoms with van der Waals surface area (Å²) in [6.45, 7) is 6.25. The molecule has 8 heteroatoms. The molecular weight excluding hydrogens is 258 g/mol. The molecule has 0 aromatic rings. The van der Waals surface area contributed by atoms with Crippen molar-refractivity contribution in [2.24, 2.45) is 0 Å². The molecule has 1 amide bonds. The van der Waals surface area contributed by atoms with Crippen LogP contribution in [0.15, 0.2) is 0 Å². The molecule has 2 rings (SSSR count). The maximum Gasteiger partial charge on any atom is 0.410 e. The van der Waals surface area contributed by atoms with Crippen molar-refractivity contribution in [1.29, 1.82) is 0 Å². The van der Waals surface area contributed by atoms with Gasteiger partial charge in [-0.25, -0.2) is 4.79 Å². The first-order valence-electron chi connectivity index (χ1n) is 5.94. The maximum atomic E-state index is 11.9. The average molecular weight is 277 g/mol. The summed E-state index contributed by atoms with van der Waals surface area (Å²) in [5.74, 6) is 0. The number of nitrogens with one attached hydrogen (secondary N) is 2. The lowest BCUT2D eigenvalue weighted by Crippen LogP contribution is -2.53. The van der Waals surface area contributed by atoms with Crippen LogP contribution in [0.1, 0.15) is 27.2 Å². The molecule has 2 saturated heterocycles. The smallest absolute Gasteiger partial charge is 0.410 e. The number of hydrogen-bond donors (Lipinski definition) is 2. The largest absolute Gasteiger partial charge is 0.444 e. The number of rotatable bonds is 0. The Morgan fingerprint density at radius 3 is 2.50 bits per heavy atom. The Kier molecular flexibility index (Phi) is 3.28. The lowest BCUT2D eigenvalue weighted by molar-refractivity contribution is 0.0185. The summed E-state index contributed by atoms with van der Waals surface area (Å²) >= 11 is 0. The molecular formula is C10H19N3O4S. The first kappa shape index (κ1) is 13.6. The van der Waals surface area contributed by atoms with E-state index < -0.39 is 21.9 Å². The molecule has 2 aliphatic heterocycles. The van der Waals surface area contributed by atoms with Crippen LogP contribution in [0.25, 0.3) is 0 Å². The fourth-order valence-corrected chi connectivity index (χ4v) is 3.52. The van der Waals surface area contributed by atoms with Gasteiger partial charge in [0.15, 0.2) is 0 Å². The van der Waals surface area contributed by atoms with Gasteiger partial charge in [0.1, 0.15) is 5.60 Å². The summed E-state index contributed by atoms with van der Waals surface area (Å²) in [5, 5.41) is 0. The van der Waals surface area contributed by atoms with Gasteiger partial charge < -0.3 is 9.64 Å². The van der Waals surface area contributed by atoms with Crippen LogP contribution < -0.4 is 9.44 Å². The van der Waals surface area contributed by atoms with Gasteiger partial charge in [-0.3, -0.25) is 0 Å². The Bertz CT molecular complexity index is 443. The molecule has 2 heterocycles. The minimum Gasteiger partial charge on any atom is -0.444 e. The second-order valence-electron chi connectivity index (χ2n) is 5.67. The van der Waals surface area contributed by atoms with Gasteiger partial charge >= 0.3 is 6.09 Å². The Balaban J connectivity index is 1.97. The van der Waals surface area contributed by atoms with Crippen LogP contribution in [-0.4, -0.2) is 50.2 Å². The summed E-state index contributed by atoms with van der Waals surface area (Å²) in [6, 6.07) is -0.398. The lowest BCUT2D eigenvalue weighted by Gasteiger charge is -2.34. The number of ether oxygens (including phenoxy) is 1. The standard InChI is InChI=1S/C10H19N3O4S/c1-10(2,3)17-9(14)13-5-4-7-8(6-13)12-18(15,16)11-7/h7-8,11-12H,4-6H2,1-3H3. The molecule has 0 spiro atoms. The fourth-order valence-electron chi connectivity index (χ4n) is 2.14. The number of nitrogens with zero attached hydrogens (tertiary/aromatic N) is 1. The number of likely N-dealkylation sites (tertiary alicyclic amines) is 1. The predicted molar refractivity (Wildman–Crippen MR) is 65.2 cm³/mol. The summed E-state index contributed by atoms with van der Waals surface area (Å²) < 4.78 is 33.0. The fraction of sp³-hybridized carbons (Fsp3) is 0.900. The van der Waals surface area contributed by atoms with E-state index in [1.54, 1.807) is 25.7 Å². The molecule has 0 aliphatic carbocycles. The van der Waals surface area contributed by atoms with E-state index in [-0.39, 0.29) is 12.1 Å². The van der Waals surface area contributed by atoms with Gasteiger partial charge in [-0.15, -0.1) is 0 Å². The predicted octanol–water partition coefficient (Wildman–Crippen LogP) is -0.198. The third kappa shape index (κ3) is 3.12. The third-order valence-corrected chi connectivity index (χ3v) is 4.10. The van der Waals surface area contributed by atoms with Crippen molar-refractivity contribution in [1.82, 2.24) is 14.3 Å². The van der Waals surface area contributed by atoms with Crippen LogP contribution in [0.2, 0.25) is 0 Å². The van der Waals surface area contributed by atoms with Crippen molar-refractivity contribution in [2.75, 3.05) is 13.1 Å². The Morgan fingerprint density at radius 1 is 1.28 bits per heavy atom. The zero-order valence-electron chi connectivity index (χ0n) is 10.8. The summed E-state index contributed by atoms with van der Waals surface area (Å²) in [7, 11) is -3.39. The van der Waals surface area contributed by atoms with E-state index in [4.69, 9.17) is 4.74 Å². The van der Waals surface area contributed by atoms with Crippen molar-refractivity contribution in [3.8, 4) is 0 Å². The van der Waals surface area contributed by atoms with Crippen molar-refractivity contribution in [3.63, 3.8) is 0 Å². The normalized spacial score (nSPS) is 30.9. The Morgan fingerprint density at radius 2 is 1.89 bits per heavy atom. The molecule has 0 bridgehead atoms. The highest BCUT2D eigenvalue weighted by Gasteiger charge is 2.41. The molecule has 2 aliphatic rings. The van der Waals surface area contributed by atoms with Gasteiger partial charge in [-0.05, 0) is 27.2 Å². The molecule has 0 radical (unpaired) electrons. The molecule has 18 heavy (non-hydrogen) atoms. The lowest BCUT2D eigenvalue weighted by atomic mass is 10.0. The SMILES string of the molecule is CC(C)(C)OC(=O)N1CCC2NS(=O)(=O)NC2C1. The van der Waals surface area contributed by atoms with Gasteiger partial charge in [-0.2, -0.15) is 17.9 Å². The Hall–Kier alpha value is -0.860. The maximum absolute atomic E-state index is 11.9. The average Bonchev–Trinajstić information content (AvgIpc) is 2.47. The van der Waals surface area contributed by atoms with E-state index in [2.05, 4.69) is 9.44 Å². The summed E-state index contributed by atoms with van der Waals surface area (Å²) in [6.07, 6.45) is 0.197. The van der Waals surface area contributed by atoms with Gasteiger partial charge in [-0.1, -0.05) is 0 Å². The molecule has 0 saturated carbocycles. The van der Waals surface area contributed by atoms with Gasteiger partial charge in [0.05, 0.1) is 6.04 Å². The molecule has 7 nitrogen and oxygen atoms in total. The van der Waals surface area contributed by atoms with E-state index in [0.717, 1.165) is 0 Å². The Labute approximate surface area is 107 Å². The van der Waals surface area contributed by atoms with E-state index in [0.29, 0.717) is 19.5 Å². The van der Waals surface area contributed by atoms with Crippen molar-refractivity contribution in [2.45, 2.75) is 44.9 Å². The number of piperidine rings is 1. The highest BCUT2D eigenvalue weighted by molar-refractivity contribution is 7.87. The third-order valence-electron chi connectivity index (χ3n) is 2.88. The summed E-state index contributed by atoms with van der Waals surface area (Å²) in [5.41, 5.74) is -0.540. The van der Waals surface area contributed by atoms with Gasteiger partial charge in [0.25, 0.3) is 10.2 Å². The van der Waals surface area contributed by atoms with Crippen molar-refractivity contribution in [3.05, 3.63) is 0 Å². The molecule has 104 valence electrons. The van der Waals surface area contributed by atoms with Crippen LogP contribution in [-0.2, 0) is 14.9 Å². The number of amides is 1.